The van der Waals surface area contributed by atoms with E-state index >= 15 is 0 Å². The minimum absolute atomic E-state index is 0.443. The van der Waals surface area contributed by atoms with Gasteiger partial charge in [0.05, 0.1) is 12.8 Å². The first-order chi connectivity index (χ1) is 12.8. The second kappa shape index (κ2) is 7.67. The highest BCUT2D eigenvalue weighted by Crippen LogP contribution is 2.32. The summed E-state index contributed by atoms with van der Waals surface area (Å²) < 4.78 is 5.33. The molecule has 2 aromatic rings. The van der Waals surface area contributed by atoms with E-state index in [1.54, 1.807) is 14.2 Å². The van der Waals surface area contributed by atoms with Crippen LogP contribution in [0.1, 0.15) is 31.2 Å². The summed E-state index contributed by atoms with van der Waals surface area (Å²) in [5.74, 6) is 2.27. The lowest BCUT2D eigenvalue weighted by Gasteiger charge is -2.33. The molecule has 1 saturated heterocycles. The predicted octanol–water partition coefficient (Wildman–Crippen LogP) is 4.32. The van der Waals surface area contributed by atoms with E-state index in [2.05, 4.69) is 40.4 Å². The highest BCUT2D eigenvalue weighted by Gasteiger charge is 2.30. The molecular formula is C22H28N2O2. The number of likely N-dealkylation sites (tertiary alicyclic amines) is 1. The lowest BCUT2D eigenvalue weighted by Crippen LogP contribution is -2.40. The fourth-order valence-corrected chi connectivity index (χ4v) is 4.08. The molecule has 0 amide bonds. The zero-order valence-electron chi connectivity index (χ0n) is 15.8. The summed E-state index contributed by atoms with van der Waals surface area (Å²) >= 11 is 0. The van der Waals surface area contributed by atoms with Crippen molar-refractivity contribution in [1.82, 2.24) is 4.90 Å². The third kappa shape index (κ3) is 3.85. The molecule has 26 heavy (non-hydrogen) atoms. The van der Waals surface area contributed by atoms with Crippen molar-refractivity contribution in [2.45, 2.75) is 25.7 Å². The van der Waals surface area contributed by atoms with E-state index in [1.165, 1.54) is 55.1 Å². The van der Waals surface area contributed by atoms with E-state index in [1.807, 2.05) is 6.07 Å². The van der Waals surface area contributed by atoms with Gasteiger partial charge in [-0.1, -0.05) is 23.4 Å². The molecular weight excluding hydrogens is 324 g/mol. The molecule has 2 aromatic carbocycles. The summed E-state index contributed by atoms with van der Waals surface area (Å²) in [4.78, 5) is 7.87. The normalized spacial score (nSPS) is 21.8. The lowest BCUT2D eigenvalue weighted by atomic mass is 9.88. The lowest BCUT2D eigenvalue weighted by molar-refractivity contribution is 0.185. The molecule has 1 saturated carbocycles. The summed E-state index contributed by atoms with van der Waals surface area (Å²) in [6.07, 6.45) is 5.25. The van der Waals surface area contributed by atoms with Gasteiger partial charge in [-0.05, 0) is 67.1 Å². The molecule has 0 bridgehead atoms. The Balaban J connectivity index is 1.59. The van der Waals surface area contributed by atoms with Gasteiger partial charge < -0.3 is 14.5 Å². The maximum Gasteiger partial charge on any atom is 0.119 e. The van der Waals surface area contributed by atoms with E-state index in [0.29, 0.717) is 5.92 Å². The molecule has 1 heterocycles. The molecule has 0 N–H and O–H groups in total. The zero-order chi connectivity index (χ0) is 17.9. The Morgan fingerprint density at radius 1 is 1.08 bits per heavy atom. The van der Waals surface area contributed by atoms with Crippen LogP contribution in [0.3, 0.4) is 0 Å². The van der Waals surface area contributed by atoms with E-state index in [-0.39, 0.29) is 0 Å². The number of oxime groups is 1. The standard InChI is InChI=1S/C22H28N2O2/c1-25-21-10-9-17-12-19(8-7-18(17)13-21)22(23-26-2)20-4-3-11-24(15-20)14-16-5-6-16/h7-10,12-13,16,20H,3-6,11,14-15H2,1-2H3/b23-22-. The van der Waals surface area contributed by atoms with Gasteiger partial charge in [-0.25, -0.2) is 0 Å². The van der Waals surface area contributed by atoms with Crippen LogP contribution < -0.4 is 4.74 Å². The van der Waals surface area contributed by atoms with Gasteiger partial charge in [0.1, 0.15) is 12.9 Å². The van der Waals surface area contributed by atoms with Crippen molar-refractivity contribution in [3.05, 3.63) is 42.0 Å². The van der Waals surface area contributed by atoms with Crippen LogP contribution in [-0.2, 0) is 4.84 Å². The molecule has 4 nitrogen and oxygen atoms in total. The molecule has 138 valence electrons. The summed E-state index contributed by atoms with van der Waals surface area (Å²) in [6, 6.07) is 12.7. The fraction of sp³-hybridized carbons (Fsp3) is 0.500. The molecule has 2 fully saturated rings. The Bertz CT molecular complexity index is 798. The predicted molar refractivity (Wildman–Crippen MR) is 106 cm³/mol. The highest BCUT2D eigenvalue weighted by atomic mass is 16.6. The molecule has 0 radical (unpaired) electrons. The fourth-order valence-electron chi connectivity index (χ4n) is 4.08. The SMILES string of the molecule is CO/N=C(/c1ccc2cc(OC)ccc2c1)C1CCCN(CC2CC2)C1. The quantitative estimate of drug-likeness (QED) is 0.573. The number of ether oxygens (including phenoxy) is 1. The molecule has 1 unspecified atom stereocenters. The second-order valence-electron chi connectivity index (χ2n) is 7.63. The number of nitrogens with zero attached hydrogens (tertiary/aromatic N) is 2. The molecule has 0 aromatic heterocycles. The summed E-state index contributed by atoms with van der Waals surface area (Å²) in [6.45, 7) is 3.58. The van der Waals surface area contributed by atoms with Gasteiger partial charge in [0.25, 0.3) is 0 Å². The number of fused-ring (bicyclic) bond motifs is 1. The number of benzene rings is 2. The molecule has 4 heteroatoms. The molecule has 0 spiro atoms. The molecule has 4 rings (SSSR count). The summed E-state index contributed by atoms with van der Waals surface area (Å²) in [5.41, 5.74) is 2.26. The van der Waals surface area contributed by atoms with Crippen molar-refractivity contribution >= 4 is 16.5 Å². The van der Waals surface area contributed by atoms with Gasteiger partial charge in [-0.2, -0.15) is 0 Å². The van der Waals surface area contributed by atoms with Crippen LogP contribution >= 0.6 is 0 Å². The van der Waals surface area contributed by atoms with Gasteiger partial charge in [0.2, 0.25) is 0 Å². The van der Waals surface area contributed by atoms with Gasteiger partial charge in [0.15, 0.2) is 0 Å². The van der Waals surface area contributed by atoms with Crippen LogP contribution in [-0.4, -0.2) is 44.5 Å². The first kappa shape index (κ1) is 17.3. The van der Waals surface area contributed by atoms with Gasteiger partial charge in [-0.3, -0.25) is 0 Å². The van der Waals surface area contributed by atoms with Crippen LogP contribution in [0.2, 0.25) is 0 Å². The Morgan fingerprint density at radius 3 is 2.65 bits per heavy atom. The maximum absolute atomic E-state index is 5.33. The average molecular weight is 352 g/mol. The first-order valence-corrected chi connectivity index (χ1v) is 9.68. The highest BCUT2D eigenvalue weighted by molar-refractivity contribution is 6.04. The minimum Gasteiger partial charge on any atom is -0.497 e. The van der Waals surface area contributed by atoms with Crippen molar-refractivity contribution in [1.29, 1.82) is 0 Å². The second-order valence-corrected chi connectivity index (χ2v) is 7.63. The van der Waals surface area contributed by atoms with Crippen LogP contribution in [0.15, 0.2) is 41.6 Å². The smallest absolute Gasteiger partial charge is 0.119 e. The topological polar surface area (TPSA) is 34.1 Å². The maximum atomic E-state index is 5.33. The molecule has 1 atom stereocenters. The van der Waals surface area contributed by atoms with Crippen molar-refractivity contribution in [3.8, 4) is 5.75 Å². The Hall–Kier alpha value is -2.07. The van der Waals surface area contributed by atoms with E-state index in [9.17, 15) is 0 Å². The van der Waals surface area contributed by atoms with Crippen LogP contribution in [0.4, 0.5) is 0 Å². The Kier molecular flexibility index (Phi) is 5.11. The van der Waals surface area contributed by atoms with E-state index in [4.69, 9.17) is 9.57 Å². The molecule has 1 aliphatic heterocycles. The third-order valence-corrected chi connectivity index (χ3v) is 5.64. The largest absolute Gasteiger partial charge is 0.497 e. The van der Waals surface area contributed by atoms with E-state index < -0.39 is 0 Å². The molecule has 2 aliphatic rings. The van der Waals surface area contributed by atoms with Gasteiger partial charge in [-0.15, -0.1) is 0 Å². The van der Waals surface area contributed by atoms with Crippen molar-refractivity contribution < 1.29 is 9.57 Å². The number of rotatable bonds is 6. The van der Waals surface area contributed by atoms with Crippen LogP contribution in [0.5, 0.6) is 5.75 Å². The number of methoxy groups -OCH3 is 1. The zero-order valence-corrected chi connectivity index (χ0v) is 15.8. The molecule has 1 aliphatic carbocycles. The summed E-state index contributed by atoms with van der Waals surface area (Å²) in [7, 11) is 3.35. The van der Waals surface area contributed by atoms with Crippen molar-refractivity contribution in [2.24, 2.45) is 17.0 Å². The number of hydrogen-bond donors (Lipinski definition) is 0. The average Bonchev–Trinajstić information content (AvgIpc) is 3.49. The Labute approximate surface area is 155 Å². The van der Waals surface area contributed by atoms with Crippen LogP contribution in [0.25, 0.3) is 10.8 Å². The third-order valence-electron chi connectivity index (χ3n) is 5.64. The van der Waals surface area contributed by atoms with Crippen molar-refractivity contribution in [2.75, 3.05) is 33.9 Å². The monoisotopic (exact) mass is 352 g/mol. The summed E-state index contributed by atoms with van der Waals surface area (Å²) in [5, 5.41) is 6.84. The van der Waals surface area contributed by atoms with Crippen LogP contribution in [0, 0.1) is 11.8 Å². The number of piperidine rings is 1. The van der Waals surface area contributed by atoms with Crippen molar-refractivity contribution in [3.63, 3.8) is 0 Å². The first-order valence-electron chi connectivity index (χ1n) is 9.68. The Morgan fingerprint density at radius 2 is 1.88 bits per heavy atom. The number of hydrogen-bond acceptors (Lipinski definition) is 4. The van der Waals surface area contributed by atoms with Gasteiger partial charge >= 0.3 is 0 Å². The minimum atomic E-state index is 0.443. The van der Waals surface area contributed by atoms with Gasteiger partial charge in [0, 0.05) is 24.6 Å². The van der Waals surface area contributed by atoms with E-state index in [0.717, 1.165) is 23.9 Å².